The van der Waals surface area contributed by atoms with Gasteiger partial charge < -0.3 is 5.11 Å². The van der Waals surface area contributed by atoms with Gasteiger partial charge in [-0.2, -0.15) is 5.10 Å². The van der Waals surface area contributed by atoms with E-state index in [1.807, 2.05) is 0 Å². The maximum absolute atomic E-state index is 13.4. The van der Waals surface area contributed by atoms with E-state index in [9.17, 15) is 9.18 Å². The Morgan fingerprint density at radius 3 is 2.82 bits per heavy atom. The topological polar surface area (TPSA) is 55.1 Å². The van der Waals surface area contributed by atoms with Gasteiger partial charge in [-0.1, -0.05) is 17.7 Å². The fourth-order valence-electron chi connectivity index (χ4n) is 1.44. The Bertz CT molecular complexity index is 568. The maximum atomic E-state index is 13.4. The SMILES string of the molecule is O=C(O)c1ccc(Cn2cc(Cl)cn2)cc1F. The number of hydrogen-bond donors (Lipinski definition) is 1. The largest absolute Gasteiger partial charge is 0.478 e. The van der Waals surface area contributed by atoms with Gasteiger partial charge in [0.05, 0.1) is 23.3 Å². The summed E-state index contributed by atoms with van der Waals surface area (Å²) in [6, 6.07) is 3.96. The standard InChI is InChI=1S/C11H8ClFN2O2/c12-8-4-14-15(6-8)5-7-1-2-9(11(16)17)10(13)3-7/h1-4,6H,5H2,(H,16,17). The van der Waals surface area contributed by atoms with E-state index in [1.54, 1.807) is 12.3 Å². The number of halogens is 2. The van der Waals surface area contributed by atoms with Gasteiger partial charge in [-0.15, -0.1) is 0 Å². The Kier molecular flexibility index (Phi) is 3.10. The minimum Gasteiger partial charge on any atom is -0.478 e. The molecule has 0 saturated carbocycles. The zero-order chi connectivity index (χ0) is 12.4. The van der Waals surface area contributed by atoms with Gasteiger partial charge >= 0.3 is 5.97 Å². The molecule has 88 valence electrons. The lowest BCUT2D eigenvalue weighted by molar-refractivity contribution is 0.0692. The van der Waals surface area contributed by atoms with Crippen molar-refractivity contribution in [1.82, 2.24) is 9.78 Å². The van der Waals surface area contributed by atoms with Crippen molar-refractivity contribution in [3.8, 4) is 0 Å². The van der Waals surface area contributed by atoms with Crippen LogP contribution in [0.25, 0.3) is 0 Å². The van der Waals surface area contributed by atoms with Gasteiger partial charge in [0.25, 0.3) is 0 Å². The first-order valence-corrected chi connectivity index (χ1v) is 5.14. The molecule has 0 radical (unpaired) electrons. The van der Waals surface area contributed by atoms with Crippen molar-refractivity contribution in [3.05, 3.63) is 52.6 Å². The van der Waals surface area contributed by atoms with Crippen LogP contribution in [0.2, 0.25) is 5.02 Å². The number of aromatic nitrogens is 2. The van der Waals surface area contributed by atoms with Crippen molar-refractivity contribution in [2.24, 2.45) is 0 Å². The summed E-state index contributed by atoms with van der Waals surface area (Å²) in [7, 11) is 0. The molecule has 1 N–H and O–H groups in total. The van der Waals surface area contributed by atoms with Gasteiger partial charge in [0.15, 0.2) is 0 Å². The van der Waals surface area contributed by atoms with Crippen molar-refractivity contribution in [2.75, 3.05) is 0 Å². The highest BCUT2D eigenvalue weighted by Gasteiger charge is 2.10. The molecule has 1 heterocycles. The number of carboxylic acid groups (broad SMARTS) is 1. The quantitative estimate of drug-likeness (QED) is 0.915. The summed E-state index contributed by atoms with van der Waals surface area (Å²) in [5.74, 6) is -2.04. The molecule has 1 aromatic heterocycles. The van der Waals surface area contributed by atoms with Crippen LogP contribution in [0.5, 0.6) is 0 Å². The molecule has 0 amide bonds. The number of carboxylic acids is 1. The van der Waals surface area contributed by atoms with E-state index in [4.69, 9.17) is 16.7 Å². The smallest absolute Gasteiger partial charge is 0.338 e. The molecule has 2 rings (SSSR count). The van der Waals surface area contributed by atoms with E-state index in [0.717, 1.165) is 0 Å². The average molecular weight is 255 g/mol. The third kappa shape index (κ3) is 2.62. The number of benzene rings is 1. The van der Waals surface area contributed by atoms with Gasteiger partial charge in [0.1, 0.15) is 5.82 Å². The number of aromatic carboxylic acids is 1. The summed E-state index contributed by atoms with van der Waals surface area (Å²) >= 11 is 5.69. The van der Waals surface area contributed by atoms with Crippen LogP contribution in [0.1, 0.15) is 15.9 Å². The van der Waals surface area contributed by atoms with Crippen molar-refractivity contribution < 1.29 is 14.3 Å². The number of rotatable bonds is 3. The Labute approximate surface area is 101 Å². The van der Waals surface area contributed by atoms with Crippen molar-refractivity contribution in [3.63, 3.8) is 0 Å². The molecular weight excluding hydrogens is 247 g/mol. The fraction of sp³-hybridized carbons (Fsp3) is 0.0909. The highest BCUT2D eigenvalue weighted by molar-refractivity contribution is 6.30. The highest BCUT2D eigenvalue weighted by Crippen LogP contribution is 2.13. The predicted molar refractivity (Wildman–Crippen MR) is 59.7 cm³/mol. The first-order valence-electron chi connectivity index (χ1n) is 4.76. The van der Waals surface area contributed by atoms with Gasteiger partial charge in [0, 0.05) is 6.20 Å². The fourth-order valence-corrected chi connectivity index (χ4v) is 1.60. The summed E-state index contributed by atoms with van der Waals surface area (Å²) < 4.78 is 14.9. The minimum absolute atomic E-state index is 0.337. The van der Waals surface area contributed by atoms with Gasteiger partial charge in [-0.3, -0.25) is 4.68 Å². The van der Waals surface area contributed by atoms with Crippen LogP contribution >= 0.6 is 11.6 Å². The third-order valence-electron chi connectivity index (χ3n) is 2.21. The molecule has 0 atom stereocenters. The molecule has 0 unspecified atom stereocenters. The maximum Gasteiger partial charge on any atom is 0.338 e. The number of nitrogens with zero attached hydrogens (tertiary/aromatic N) is 2. The van der Waals surface area contributed by atoms with Crippen LogP contribution in [0.4, 0.5) is 4.39 Å². The number of carbonyl (C=O) groups is 1. The highest BCUT2D eigenvalue weighted by atomic mass is 35.5. The van der Waals surface area contributed by atoms with E-state index < -0.39 is 11.8 Å². The van der Waals surface area contributed by atoms with Crippen LogP contribution in [-0.4, -0.2) is 20.9 Å². The van der Waals surface area contributed by atoms with Crippen LogP contribution in [0.15, 0.2) is 30.6 Å². The normalized spacial score (nSPS) is 10.5. The molecule has 0 aliphatic carbocycles. The molecule has 0 aliphatic rings. The summed E-state index contributed by atoms with van der Waals surface area (Å²) in [6.45, 7) is 0.337. The first-order chi connectivity index (χ1) is 8.06. The van der Waals surface area contributed by atoms with Crippen LogP contribution in [-0.2, 0) is 6.54 Å². The van der Waals surface area contributed by atoms with E-state index in [-0.39, 0.29) is 5.56 Å². The second-order valence-corrected chi connectivity index (χ2v) is 3.91. The second kappa shape index (κ2) is 4.55. The lowest BCUT2D eigenvalue weighted by Crippen LogP contribution is -2.04. The third-order valence-corrected chi connectivity index (χ3v) is 2.41. The van der Waals surface area contributed by atoms with E-state index in [0.29, 0.717) is 17.1 Å². The van der Waals surface area contributed by atoms with E-state index >= 15 is 0 Å². The molecule has 0 spiro atoms. The molecule has 0 saturated heterocycles. The van der Waals surface area contributed by atoms with Crippen molar-refractivity contribution >= 4 is 17.6 Å². The van der Waals surface area contributed by atoms with Crippen LogP contribution in [0, 0.1) is 5.82 Å². The molecule has 2 aromatic rings. The number of hydrogen-bond acceptors (Lipinski definition) is 2. The molecule has 4 nitrogen and oxygen atoms in total. The summed E-state index contributed by atoms with van der Waals surface area (Å²) in [5, 5.41) is 13.1. The zero-order valence-electron chi connectivity index (χ0n) is 8.60. The Morgan fingerprint density at radius 2 is 2.29 bits per heavy atom. The van der Waals surface area contributed by atoms with Gasteiger partial charge in [0.2, 0.25) is 0 Å². The van der Waals surface area contributed by atoms with E-state index in [1.165, 1.54) is 23.0 Å². The molecule has 17 heavy (non-hydrogen) atoms. The molecule has 0 bridgehead atoms. The second-order valence-electron chi connectivity index (χ2n) is 3.48. The summed E-state index contributed by atoms with van der Waals surface area (Å²) in [6.07, 6.45) is 3.08. The van der Waals surface area contributed by atoms with Crippen LogP contribution in [0.3, 0.4) is 0 Å². The Morgan fingerprint density at radius 1 is 1.53 bits per heavy atom. The monoisotopic (exact) mass is 254 g/mol. The predicted octanol–water partition coefficient (Wildman–Crippen LogP) is 2.42. The average Bonchev–Trinajstić information content (AvgIpc) is 2.63. The summed E-state index contributed by atoms with van der Waals surface area (Å²) in [4.78, 5) is 10.6. The Hall–Kier alpha value is -1.88. The minimum atomic E-state index is -1.28. The van der Waals surface area contributed by atoms with Crippen LogP contribution < -0.4 is 0 Å². The van der Waals surface area contributed by atoms with Crippen molar-refractivity contribution in [2.45, 2.75) is 6.54 Å². The zero-order valence-corrected chi connectivity index (χ0v) is 9.36. The molecule has 0 aliphatic heterocycles. The summed E-state index contributed by atoms with van der Waals surface area (Å²) in [5.41, 5.74) is 0.277. The molecule has 6 heteroatoms. The van der Waals surface area contributed by atoms with Gasteiger partial charge in [-0.05, 0) is 17.7 Å². The Balaban J connectivity index is 2.23. The van der Waals surface area contributed by atoms with E-state index in [2.05, 4.69) is 5.10 Å². The molecule has 1 aromatic carbocycles. The molecular formula is C11H8ClFN2O2. The lowest BCUT2D eigenvalue weighted by Gasteiger charge is -2.03. The first kappa shape index (κ1) is 11.6. The van der Waals surface area contributed by atoms with Crippen molar-refractivity contribution in [1.29, 1.82) is 0 Å². The molecule has 0 fully saturated rings. The lowest BCUT2D eigenvalue weighted by atomic mass is 10.1. The van der Waals surface area contributed by atoms with Gasteiger partial charge in [-0.25, -0.2) is 9.18 Å².